The molecule has 0 unspecified atom stereocenters. The zero-order valence-corrected chi connectivity index (χ0v) is 18.2. The molecule has 2 N–H and O–H groups in total. The maximum Gasteiger partial charge on any atom is 0.250 e. The molecule has 3 aromatic carbocycles. The fourth-order valence-electron chi connectivity index (χ4n) is 3.23. The zero-order valence-electron chi connectivity index (χ0n) is 17.4. The number of hydrazone groups is 1. The number of rotatable bonds is 8. The van der Waals surface area contributed by atoms with Crippen LogP contribution in [0.1, 0.15) is 11.1 Å². The average Bonchev–Trinajstić information content (AvgIpc) is 3.17. The normalized spacial score (nSPS) is 11.2. The van der Waals surface area contributed by atoms with Gasteiger partial charge < -0.3 is 14.4 Å². The summed E-state index contributed by atoms with van der Waals surface area (Å²) in [4.78, 5) is 17.0. The van der Waals surface area contributed by atoms with Crippen molar-refractivity contribution in [3.8, 4) is 11.5 Å². The Morgan fingerprint density at radius 3 is 2.72 bits per heavy atom. The van der Waals surface area contributed by atoms with Gasteiger partial charge in [-0.1, -0.05) is 60.3 Å². The Bertz CT molecular complexity index is 1250. The lowest BCUT2D eigenvalue weighted by molar-refractivity contribution is -0.118. The second kappa shape index (κ2) is 10.0. The van der Waals surface area contributed by atoms with Crippen LogP contribution in [0.4, 0.5) is 0 Å². The molecule has 0 bridgehead atoms. The molecule has 0 aliphatic rings. The average molecular weight is 447 g/mol. The first kappa shape index (κ1) is 21.5. The van der Waals surface area contributed by atoms with Crippen molar-refractivity contribution in [1.82, 2.24) is 15.0 Å². The van der Waals surface area contributed by atoms with Gasteiger partial charge in [-0.3, -0.25) is 4.79 Å². The SMILES string of the molecule is COc1cccc(/C=N/NC(=O)CSc2nc3ccccc3n2Cc2ccccc2)c1O. The molecular formula is C24H22N4O3S. The van der Waals surface area contributed by atoms with Crippen LogP contribution in [0.3, 0.4) is 0 Å². The standard InChI is InChI=1S/C24H22N4O3S/c1-31-21-13-7-10-18(23(21)30)14-25-27-22(29)16-32-24-26-19-11-5-6-12-20(19)28(24)15-17-8-3-2-4-9-17/h2-14,30H,15-16H2,1H3,(H,27,29)/b25-14+. The van der Waals surface area contributed by atoms with Crippen molar-refractivity contribution in [3.63, 3.8) is 0 Å². The van der Waals surface area contributed by atoms with Gasteiger partial charge >= 0.3 is 0 Å². The Labute approximate surface area is 189 Å². The molecule has 32 heavy (non-hydrogen) atoms. The second-order valence-corrected chi connectivity index (χ2v) is 7.88. The number of nitrogens with zero attached hydrogens (tertiary/aromatic N) is 3. The number of carbonyl (C=O) groups excluding carboxylic acids is 1. The number of aromatic hydroxyl groups is 1. The van der Waals surface area contributed by atoms with E-state index < -0.39 is 0 Å². The molecule has 0 saturated heterocycles. The summed E-state index contributed by atoms with van der Waals surface area (Å²) in [5, 5.41) is 14.8. The highest BCUT2D eigenvalue weighted by Crippen LogP contribution is 2.28. The van der Waals surface area contributed by atoms with Crippen molar-refractivity contribution in [3.05, 3.63) is 83.9 Å². The highest BCUT2D eigenvalue weighted by atomic mass is 32.2. The summed E-state index contributed by atoms with van der Waals surface area (Å²) in [6.45, 7) is 0.665. The lowest BCUT2D eigenvalue weighted by atomic mass is 10.2. The number of hydrogen-bond acceptors (Lipinski definition) is 6. The van der Waals surface area contributed by atoms with Gasteiger partial charge in [0.2, 0.25) is 0 Å². The van der Waals surface area contributed by atoms with Gasteiger partial charge in [0.1, 0.15) is 0 Å². The molecule has 7 nitrogen and oxygen atoms in total. The number of imidazole rings is 1. The number of carbonyl (C=O) groups is 1. The molecule has 0 fully saturated rings. The van der Waals surface area contributed by atoms with Crippen LogP contribution in [0.2, 0.25) is 0 Å². The predicted octanol–water partition coefficient (Wildman–Crippen LogP) is 4.04. The lowest BCUT2D eigenvalue weighted by Crippen LogP contribution is -2.20. The van der Waals surface area contributed by atoms with Crippen LogP contribution in [0.5, 0.6) is 11.5 Å². The summed E-state index contributed by atoms with van der Waals surface area (Å²) in [5.74, 6) is 0.191. The van der Waals surface area contributed by atoms with Gasteiger partial charge in [-0.05, 0) is 29.8 Å². The van der Waals surface area contributed by atoms with Gasteiger partial charge in [-0.15, -0.1) is 0 Å². The van der Waals surface area contributed by atoms with E-state index in [9.17, 15) is 9.90 Å². The molecule has 0 saturated carbocycles. The Morgan fingerprint density at radius 2 is 1.91 bits per heavy atom. The molecule has 0 spiro atoms. The molecule has 8 heteroatoms. The van der Waals surface area contributed by atoms with Gasteiger partial charge in [0.15, 0.2) is 16.7 Å². The smallest absolute Gasteiger partial charge is 0.250 e. The maximum absolute atomic E-state index is 12.3. The minimum atomic E-state index is -0.271. The Hall–Kier alpha value is -3.78. The number of thioether (sulfide) groups is 1. The first-order valence-electron chi connectivity index (χ1n) is 9.95. The van der Waals surface area contributed by atoms with Crippen LogP contribution in [0, 0.1) is 0 Å². The number of benzene rings is 3. The molecular weight excluding hydrogens is 424 g/mol. The number of ether oxygens (including phenoxy) is 1. The molecule has 0 aliphatic carbocycles. The number of amides is 1. The minimum Gasteiger partial charge on any atom is -0.504 e. The highest BCUT2D eigenvalue weighted by Gasteiger charge is 2.13. The minimum absolute atomic E-state index is 0.0306. The molecule has 162 valence electrons. The van der Waals surface area contributed by atoms with Gasteiger partial charge in [0.05, 0.1) is 36.7 Å². The lowest BCUT2D eigenvalue weighted by Gasteiger charge is -2.09. The van der Waals surface area contributed by atoms with Crippen molar-refractivity contribution in [2.24, 2.45) is 5.10 Å². The second-order valence-electron chi connectivity index (χ2n) is 6.93. The van der Waals surface area contributed by atoms with E-state index >= 15 is 0 Å². The van der Waals surface area contributed by atoms with Crippen molar-refractivity contribution in [2.45, 2.75) is 11.7 Å². The fraction of sp³-hybridized carbons (Fsp3) is 0.125. The van der Waals surface area contributed by atoms with E-state index in [1.807, 2.05) is 42.5 Å². The molecule has 0 radical (unpaired) electrons. The zero-order chi connectivity index (χ0) is 22.3. The summed E-state index contributed by atoms with van der Waals surface area (Å²) in [7, 11) is 1.47. The van der Waals surface area contributed by atoms with E-state index in [0.717, 1.165) is 21.8 Å². The van der Waals surface area contributed by atoms with Crippen LogP contribution in [-0.4, -0.2) is 39.6 Å². The Kier molecular flexibility index (Phi) is 6.72. The number of para-hydroxylation sites is 3. The van der Waals surface area contributed by atoms with E-state index in [-0.39, 0.29) is 17.4 Å². The maximum atomic E-state index is 12.3. The van der Waals surface area contributed by atoms with Crippen molar-refractivity contribution in [2.75, 3.05) is 12.9 Å². The molecule has 1 heterocycles. The summed E-state index contributed by atoms with van der Waals surface area (Å²) < 4.78 is 7.18. The third kappa shape index (κ3) is 4.92. The predicted molar refractivity (Wildman–Crippen MR) is 126 cm³/mol. The number of nitrogens with one attached hydrogen (secondary N) is 1. The van der Waals surface area contributed by atoms with Crippen LogP contribution in [-0.2, 0) is 11.3 Å². The van der Waals surface area contributed by atoms with E-state index in [1.165, 1.54) is 25.1 Å². The summed E-state index contributed by atoms with van der Waals surface area (Å²) in [5.41, 5.74) is 6.00. The summed E-state index contributed by atoms with van der Waals surface area (Å²) in [6.07, 6.45) is 1.38. The number of phenolic OH excluding ortho intramolecular Hbond substituents is 1. The quantitative estimate of drug-likeness (QED) is 0.242. The first-order valence-corrected chi connectivity index (χ1v) is 10.9. The van der Waals surface area contributed by atoms with Crippen LogP contribution in [0.15, 0.2) is 83.1 Å². The number of phenols is 1. The van der Waals surface area contributed by atoms with Crippen LogP contribution < -0.4 is 10.2 Å². The Balaban J connectivity index is 1.44. The van der Waals surface area contributed by atoms with Gasteiger partial charge in [-0.2, -0.15) is 5.10 Å². The van der Waals surface area contributed by atoms with Crippen LogP contribution in [0.25, 0.3) is 11.0 Å². The third-order valence-corrected chi connectivity index (χ3v) is 5.75. The van der Waals surface area contributed by atoms with Crippen LogP contribution >= 0.6 is 11.8 Å². The van der Waals surface area contributed by atoms with E-state index in [0.29, 0.717) is 17.9 Å². The molecule has 0 atom stereocenters. The first-order chi connectivity index (χ1) is 15.7. The Morgan fingerprint density at radius 1 is 1.12 bits per heavy atom. The van der Waals surface area contributed by atoms with E-state index in [2.05, 4.69) is 27.2 Å². The molecule has 1 amide bonds. The number of hydrogen-bond donors (Lipinski definition) is 2. The largest absolute Gasteiger partial charge is 0.504 e. The fourth-order valence-corrected chi connectivity index (χ4v) is 4.03. The molecule has 4 rings (SSSR count). The van der Waals surface area contributed by atoms with Gasteiger partial charge in [-0.25, -0.2) is 10.4 Å². The van der Waals surface area contributed by atoms with Crippen molar-refractivity contribution < 1.29 is 14.6 Å². The topological polar surface area (TPSA) is 88.7 Å². The van der Waals surface area contributed by atoms with E-state index in [1.54, 1.807) is 18.2 Å². The molecule has 4 aromatic rings. The van der Waals surface area contributed by atoms with Crippen molar-refractivity contribution >= 4 is 34.9 Å². The van der Waals surface area contributed by atoms with Gasteiger partial charge in [0.25, 0.3) is 5.91 Å². The third-order valence-electron chi connectivity index (χ3n) is 4.78. The summed E-state index contributed by atoms with van der Waals surface area (Å²) in [6, 6.07) is 23.1. The number of methoxy groups -OCH3 is 1. The number of fused-ring (bicyclic) bond motifs is 1. The molecule has 1 aromatic heterocycles. The molecule has 0 aliphatic heterocycles. The summed E-state index contributed by atoms with van der Waals surface area (Å²) >= 11 is 1.35. The van der Waals surface area contributed by atoms with Gasteiger partial charge in [0, 0.05) is 5.56 Å². The highest BCUT2D eigenvalue weighted by molar-refractivity contribution is 7.99. The number of aromatic nitrogens is 2. The van der Waals surface area contributed by atoms with Crippen molar-refractivity contribution in [1.29, 1.82) is 0 Å². The van der Waals surface area contributed by atoms with E-state index in [4.69, 9.17) is 9.72 Å². The monoisotopic (exact) mass is 446 g/mol.